The van der Waals surface area contributed by atoms with Gasteiger partial charge >= 0.3 is 0 Å². The van der Waals surface area contributed by atoms with Crippen molar-refractivity contribution in [2.24, 2.45) is 0 Å². The van der Waals surface area contributed by atoms with Crippen LogP contribution in [0, 0.1) is 6.92 Å². The van der Waals surface area contributed by atoms with Crippen molar-refractivity contribution in [1.29, 1.82) is 0 Å². The molecule has 0 bridgehead atoms. The first kappa shape index (κ1) is 13.3. The molecule has 2 rings (SSSR count). The van der Waals surface area contributed by atoms with Gasteiger partial charge in [0.2, 0.25) is 5.91 Å². The molecule has 0 aliphatic carbocycles. The fraction of sp³-hybridized carbons (Fsp3) is 0.333. The molecule has 100 valence electrons. The van der Waals surface area contributed by atoms with E-state index in [4.69, 9.17) is 0 Å². The highest BCUT2D eigenvalue weighted by molar-refractivity contribution is 5.76. The zero-order valence-electron chi connectivity index (χ0n) is 11.4. The zero-order chi connectivity index (χ0) is 13.7. The molecule has 1 heterocycles. The van der Waals surface area contributed by atoms with Crippen molar-refractivity contribution in [3.8, 4) is 0 Å². The number of aromatic nitrogens is 2. The second-order valence-corrected chi connectivity index (χ2v) is 4.84. The summed E-state index contributed by atoms with van der Waals surface area (Å²) in [6, 6.07) is 8.32. The van der Waals surface area contributed by atoms with E-state index in [-0.39, 0.29) is 5.91 Å². The first-order chi connectivity index (χ1) is 9.15. The molecule has 0 radical (unpaired) electrons. The molecule has 0 unspecified atom stereocenters. The summed E-state index contributed by atoms with van der Waals surface area (Å²) in [4.78, 5) is 13.7. The van der Waals surface area contributed by atoms with Gasteiger partial charge in [-0.2, -0.15) is 5.10 Å². The Morgan fingerprint density at radius 1 is 1.26 bits per heavy atom. The lowest BCUT2D eigenvalue weighted by molar-refractivity contribution is -0.130. The van der Waals surface area contributed by atoms with Gasteiger partial charge in [-0.3, -0.25) is 9.89 Å². The van der Waals surface area contributed by atoms with Gasteiger partial charge in [-0.05, 0) is 18.9 Å². The van der Waals surface area contributed by atoms with E-state index < -0.39 is 0 Å². The van der Waals surface area contributed by atoms with Crippen molar-refractivity contribution >= 4 is 5.91 Å². The lowest BCUT2D eigenvalue weighted by atomic mass is 10.1. The monoisotopic (exact) mass is 257 g/mol. The summed E-state index contributed by atoms with van der Waals surface area (Å²) < 4.78 is 0. The van der Waals surface area contributed by atoms with Crippen LogP contribution >= 0.6 is 0 Å². The molecule has 1 aromatic heterocycles. The SMILES string of the molecule is Cc1ccc(CCC(=O)N(C)Cc2cn[nH]c2)cc1. The van der Waals surface area contributed by atoms with Crippen LogP contribution in [0.3, 0.4) is 0 Å². The summed E-state index contributed by atoms with van der Waals surface area (Å²) >= 11 is 0. The zero-order valence-corrected chi connectivity index (χ0v) is 11.4. The van der Waals surface area contributed by atoms with Gasteiger partial charge in [-0.15, -0.1) is 0 Å². The van der Waals surface area contributed by atoms with Crippen LogP contribution in [0.25, 0.3) is 0 Å². The molecule has 1 aromatic carbocycles. The molecule has 0 aliphatic rings. The van der Waals surface area contributed by atoms with Crippen molar-refractivity contribution in [2.75, 3.05) is 7.05 Å². The summed E-state index contributed by atoms with van der Waals surface area (Å²) in [5.74, 6) is 0.154. The quantitative estimate of drug-likeness (QED) is 0.893. The van der Waals surface area contributed by atoms with E-state index in [0.717, 1.165) is 12.0 Å². The summed E-state index contributed by atoms with van der Waals surface area (Å²) in [6.45, 7) is 2.66. The fourth-order valence-electron chi connectivity index (χ4n) is 1.92. The normalized spacial score (nSPS) is 10.4. The molecule has 0 spiro atoms. The molecular weight excluding hydrogens is 238 g/mol. The maximum Gasteiger partial charge on any atom is 0.222 e. The molecule has 0 saturated carbocycles. The standard InChI is InChI=1S/C15H19N3O/c1-12-3-5-13(6-4-12)7-8-15(19)18(2)11-14-9-16-17-10-14/h3-6,9-10H,7-8,11H2,1-2H3,(H,16,17). The van der Waals surface area contributed by atoms with Gasteiger partial charge in [0.1, 0.15) is 0 Å². The lowest BCUT2D eigenvalue weighted by Gasteiger charge is -2.16. The van der Waals surface area contributed by atoms with Crippen LogP contribution in [0.5, 0.6) is 0 Å². The first-order valence-corrected chi connectivity index (χ1v) is 6.42. The Kier molecular flexibility index (Phi) is 4.34. The van der Waals surface area contributed by atoms with Crippen LogP contribution in [-0.2, 0) is 17.8 Å². The number of hydrogen-bond acceptors (Lipinski definition) is 2. The average molecular weight is 257 g/mol. The summed E-state index contributed by atoms with van der Waals surface area (Å²) in [5.41, 5.74) is 3.47. The van der Waals surface area contributed by atoms with Gasteiger partial charge in [0.25, 0.3) is 0 Å². The Labute approximate surface area is 113 Å². The van der Waals surface area contributed by atoms with Gasteiger partial charge in [0.05, 0.1) is 6.20 Å². The van der Waals surface area contributed by atoms with Gasteiger partial charge in [-0.25, -0.2) is 0 Å². The smallest absolute Gasteiger partial charge is 0.222 e. The Hall–Kier alpha value is -2.10. The Morgan fingerprint density at radius 3 is 2.63 bits per heavy atom. The van der Waals surface area contributed by atoms with Gasteiger partial charge in [0.15, 0.2) is 0 Å². The van der Waals surface area contributed by atoms with Crippen LogP contribution in [0.1, 0.15) is 23.1 Å². The number of aromatic amines is 1. The molecule has 0 saturated heterocycles. The number of carbonyl (C=O) groups is 1. The number of benzene rings is 1. The predicted octanol–water partition coefficient (Wildman–Crippen LogP) is 2.31. The summed E-state index contributed by atoms with van der Waals surface area (Å²) in [5, 5.41) is 6.62. The van der Waals surface area contributed by atoms with Gasteiger partial charge < -0.3 is 4.90 Å². The number of amides is 1. The number of hydrogen-bond donors (Lipinski definition) is 1. The predicted molar refractivity (Wildman–Crippen MR) is 74.6 cm³/mol. The lowest BCUT2D eigenvalue weighted by Crippen LogP contribution is -2.26. The van der Waals surface area contributed by atoms with E-state index in [9.17, 15) is 4.79 Å². The number of nitrogens with zero attached hydrogens (tertiary/aromatic N) is 2. The second-order valence-electron chi connectivity index (χ2n) is 4.84. The fourth-order valence-corrected chi connectivity index (χ4v) is 1.92. The topological polar surface area (TPSA) is 49.0 Å². The number of aryl methyl sites for hydroxylation is 2. The van der Waals surface area contributed by atoms with E-state index in [1.807, 2.05) is 13.2 Å². The third-order valence-corrected chi connectivity index (χ3v) is 3.15. The maximum atomic E-state index is 12.0. The van der Waals surface area contributed by atoms with Crippen LogP contribution in [-0.4, -0.2) is 28.1 Å². The van der Waals surface area contributed by atoms with Crippen molar-refractivity contribution in [2.45, 2.75) is 26.3 Å². The van der Waals surface area contributed by atoms with E-state index >= 15 is 0 Å². The number of carbonyl (C=O) groups excluding carboxylic acids is 1. The highest BCUT2D eigenvalue weighted by atomic mass is 16.2. The number of nitrogens with one attached hydrogen (secondary N) is 1. The third kappa shape index (κ3) is 3.95. The molecule has 4 heteroatoms. The average Bonchev–Trinajstić information content (AvgIpc) is 2.90. The van der Waals surface area contributed by atoms with Crippen LogP contribution in [0.2, 0.25) is 0 Å². The van der Waals surface area contributed by atoms with E-state index in [1.165, 1.54) is 11.1 Å². The van der Waals surface area contributed by atoms with E-state index in [1.54, 1.807) is 11.1 Å². The molecule has 4 nitrogen and oxygen atoms in total. The van der Waals surface area contributed by atoms with Crippen molar-refractivity contribution in [3.63, 3.8) is 0 Å². The minimum Gasteiger partial charge on any atom is -0.341 e. The van der Waals surface area contributed by atoms with Crippen molar-refractivity contribution in [3.05, 3.63) is 53.3 Å². The Bertz CT molecular complexity index is 517. The summed E-state index contributed by atoms with van der Waals surface area (Å²) in [7, 11) is 1.82. The second kappa shape index (κ2) is 6.18. The van der Waals surface area contributed by atoms with Gasteiger partial charge in [-0.1, -0.05) is 29.8 Å². The molecule has 19 heavy (non-hydrogen) atoms. The summed E-state index contributed by atoms with van der Waals surface area (Å²) in [6.07, 6.45) is 4.87. The third-order valence-electron chi connectivity index (χ3n) is 3.15. The molecule has 0 atom stereocenters. The Morgan fingerprint density at radius 2 is 2.00 bits per heavy atom. The van der Waals surface area contributed by atoms with Crippen LogP contribution in [0.15, 0.2) is 36.7 Å². The number of H-pyrrole nitrogens is 1. The largest absolute Gasteiger partial charge is 0.341 e. The van der Waals surface area contributed by atoms with Crippen LogP contribution < -0.4 is 0 Å². The van der Waals surface area contributed by atoms with E-state index in [2.05, 4.69) is 41.4 Å². The molecule has 1 N–H and O–H groups in total. The number of rotatable bonds is 5. The maximum absolute atomic E-state index is 12.0. The molecular formula is C15H19N3O. The minimum absolute atomic E-state index is 0.154. The highest BCUT2D eigenvalue weighted by Crippen LogP contribution is 2.08. The van der Waals surface area contributed by atoms with Crippen molar-refractivity contribution in [1.82, 2.24) is 15.1 Å². The van der Waals surface area contributed by atoms with Gasteiger partial charge in [0, 0.05) is 31.8 Å². The minimum atomic E-state index is 0.154. The van der Waals surface area contributed by atoms with E-state index in [0.29, 0.717) is 13.0 Å². The molecule has 2 aromatic rings. The molecule has 0 aliphatic heterocycles. The molecule has 0 fully saturated rings. The Balaban J connectivity index is 1.82. The van der Waals surface area contributed by atoms with Crippen molar-refractivity contribution < 1.29 is 4.79 Å². The first-order valence-electron chi connectivity index (χ1n) is 6.42. The molecule has 1 amide bonds. The highest BCUT2D eigenvalue weighted by Gasteiger charge is 2.09. The van der Waals surface area contributed by atoms with Crippen LogP contribution in [0.4, 0.5) is 0 Å².